The first-order valence-corrected chi connectivity index (χ1v) is 8.92. The molecule has 0 saturated carbocycles. The lowest BCUT2D eigenvalue weighted by atomic mass is 10.1. The Balaban J connectivity index is 2.57. The molecule has 0 saturated heterocycles. The molecule has 0 aliphatic heterocycles. The zero-order valence-corrected chi connectivity index (χ0v) is 13.7. The van der Waals surface area contributed by atoms with Gasteiger partial charge in [-0.3, -0.25) is 4.79 Å². The van der Waals surface area contributed by atoms with Crippen LogP contribution in [-0.2, 0) is 14.6 Å². The van der Waals surface area contributed by atoms with E-state index in [0.29, 0.717) is 11.4 Å². The molecule has 0 radical (unpaired) electrons. The van der Waals surface area contributed by atoms with E-state index in [4.69, 9.17) is 5.73 Å². The Morgan fingerprint density at radius 1 is 1.38 bits per heavy atom. The minimum absolute atomic E-state index is 0.0347. The monoisotopic (exact) mass is 312 g/mol. The van der Waals surface area contributed by atoms with Crippen molar-refractivity contribution < 1.29 is 13.2 Å². The van der Waals surface area contributed by atoms with Gasteiger partial charge >= 0.3 is 0 Å². The fourth-order valence-corrected chi connectivity index (χ4v) is 3.65. The van der Waals surface area contributed by atoms with E-state index in [1.165, 1.54) is 0 Å². The number of nitrogens with one attached hydrogen (secondary N) is 1. The number of sulfone groups is 1. The predicted octanol–water partition coefficient (Wildman–Crippen LogP) is 2.37. The van der Waals surface area contributed by atoms with Crippen molar-refractivity contribution in [3.8, 4) is 0 Å². The van der Waals surface area contributed by atoms with Crippen molar-refractivity contribution in [2.45, 2.75) is 33.6 Å². The SMILES string of the molecule is CCC(C)CS(=O)(=O)CCC(=O)Nc1cccc(N)c1C. The number of rotatable bonds is 7. The number of carbonyl (C=O) groups excluding carboxylic acids is 1. The van der Waals surface area contributed by atoms with Crippen molar-refractivity contribution in [1.82, 2.24) is 0 Å². The van der Waals surface area contributed by atoms with Gasteiger partial charge in [-0.2, -0.15) is 0 Å². The van der Waals surface area contributed by atoms with E-state index in [1.807, 2.05) is 20.8 Å². The average Bonchev–Trinajstić information content (AvgIpc) is 2.41. The van der Waals surface area contributed by atoms with Crippen molar-refractivity contribution in [3.63, 3.8) is 0 Å². The van der Waals surface area contributed by atoms with Gasteiger partial charge in [0.15, 0.2) is 9.84 Å². The zero-order valence-electron chi connectivity index (χ0n) is 12.8. The zero-order chi connectivity index (χ0) is 16.0. The molecule has 1 unspecified atom stereocenters. The van der Waals surface area contributed by atoms with Gasteiger partial charge < -0.3 is 11.1 Å². The normalized spacial score (nSPS) is 12.9. The van der Waals surface area contributed by atoms with Gasteiger partial charge in [-0.15, -0.1) is 0 Å². The number of anilines is 2. The molecule has 6 heteroatoms. The third-order valence-electron chi connectivity index (χ3n) is 3.53. The van der Waals surface area contributed by atoms with Crippen LogP contribution in [0.15, 0.2) is 18.2 Å². The van der Waals surface area contributed by atoms with Crippen molar-refractivity contribution in [2.24, 2.45) is 5.92 Å². The summed E-state index contributed by atoms with van der Waals surface area (Å²) in [5.41, 5.74) is 7.77. The minimum Gasteiger partial charge on any atom is -0.398 e. The van der Waals surface area contributed by atoms with Crippen LogP contribution in [0.3, 0.4) is 0 Å². The Hall–Kier alpha value is -1.56. The summed E-state index contributed by atoms with van der Waals surface area (Å²) in [5.74, 6) is -0.177. The van der Waals surface area contributed by atoms with E-state index in [-0.39, 0.29) is 29.8 Å². The molecule has 0 aromatic heterocycles. The van der Waals surface area contributed by atoms with Gasteiger partial charge in [0.1, 0.15) is 0 Å². The van der Waals surface area contributed by atoms with Crippen molar-refractivity contribution >= 4 is 27.1 Å². The van der Waals surface area contributed by atoms with Crippen molar-refractivity contribution in [1.29, 1.82) is 0 Å². The second-order valence-electron chi connectivity index (χ2n) is 5.45. The molecule has 1 aromatic rings. The second kappa shape index (κ2) is 7.45. The highest BCUT2D eigenvalue weighted by atomic mass is 32.2. The van der Waals surface area contributed by atoms with Crippen LogP contribution in [-0.4, -0.2) is 25.8 Å². The summed E-state index contributed by atoms with van der Waals surface area (Å²) in [4.78, 5) is 11.9. The largest absolute Gasteiger partial charge is 0.398 e. The number of nitrogen functional groups attached to an aromatic ring is 1. The van der Waals surface area contributed by atoms with E-state index < -0.39 is 9.84 Å². The number of benzene rings is 1. The third-order valence-corrected chi connectivity index (χ3v) is 5.43. The fourth-order valence-electron chi connectivity index (χ4n) is 1.88. The highest BCUT2D eigenvalue weighted by Crippen LogP contribution is 2.20. The Morgan fingerprint density at radius 3 is 2.67 bits per heavy atom. The number of nitrogens with two attached hydrogens (primary N) is 1. The molecule has 3 N–H and O–H groups in total. The maximum absolute atomic E-state index is 11.9. The first kappa shape index (κ1) is 17.5. The van der Waals surface area contributed by atoms with Crippen LogP contribution < -0.4 is 11.1 Å². The summed E-state index contributed by atoms with van der Waals surface area (Å²) < 4.78 is 23.8. The van der Waals surface area contributed by atoms with Gasteiger partial charge in [-0.1, -0.05) is 26.3 Å². The van der Waals surface area contributed by atoms with Crippen molar-refractivity contribution in [3.05, 3.63) is 23.8 Å². The predicted molar refractivity (Wildman–Crippen MR) is 86.9 cm³/mol. The van der Waals surface area contributed by atoms with E-state index in [0.717, 1.165) is 12.0 Å². The molecule has 0 aliphatic carbocycles. The van der Waals surface area contributed by atoms with Crippen LogP contribution in [0.4, 0.5) is 11.4 Å². The van der Waals surface area contributed by atoms with Gasteiger partial charge in [0.2, 0.25) is 5.91 Å². The summed E-state index contributed by atoms with van der Waals surface area (Å²) >= 11 is 0. The summed E-state index contributed by atoms with van der Waals surface area (Å²) in [6.07, 6.45) is 0.779. The van der Waals surface area contributed by atoms with Crippen LogP contribution in [0.1, 0.15) is 32.3 Å². The van der Waals surface area contributed by atoms with Crippen LogP contribution in [0.25, 0.3) is 0 Å². The maximum Gasteiger partial charge on any atom is 0.225 e. The number of carbonyl (C=O) groups is 1. The van der Waals surface area contributed by atoms with E-state index >= 15 is 0 Å². The molecule has 21 heavy (non-hydrogen) atoms. The molecule has 0 aliphatic rings. The molecular formula is C15H24N2O3S. The lowest BCUT2D eigenvalue weighted by molar-refractivity contribution is -0.115. The molecule has 0 spiro atoms. The highest BCUT2D eigenvalue weighted by molar-refractivity contribution is 7.91. The van der Waals surface area contributed by atoms with Crippen LogP contribution in [0.5, 0.6) is 0 Å². The number of amides is 1. The van der Waals surface area contributed by atoms with Crippen molar-refractivity contribution in [2.75, 3.05) is 22.6 Å². The smallest absolute Gasteiger partial charge is 0.225 e. The minimum atomic E-state index is -3.18. The molecule has 0 bridgehead atoms. The first-order chi connectivity index (χ1) is 9.75. The maximum atomic E-state index is 11.9. The fraction of sp³-hybridized carbons (Fsp3) is 0.533. The van der Waals surface area contributed by atoms with Gasteiger partial charge in [0, 0.05) is 17.8 Å². The van der Waals surface area contributed by atoms with Crippen LogP contribution >= 0.6 is 0 Å². The van der Waals surface area contributed by atoms with Crippen LogP contribution in [0.2, 0.25) is 0 Å². The van der Waals surface area contributed by atoms with Gasteiger partial charge in [-0.05, 0) is 30.5 Å². The molecular weight excluding hydrogens is 288 g/mol. The highest BCUT2D eigenvalue weighted by Gasteiger charge is 2.17. The molecule has 1 amide bonds. The summed E-state index contributed by atoms with van der Waals surface area (Å²) in [7, 11) is -3.18. The molecule has 0 heterocycles. The Labute approximate surface area is 126 Å². The second-order valence-corrected chi connectivity index (χ2v) is 7.67. The summed E-state index contributed by atoms with van der Waals surface area (Å²) in [5, 5.41) is 2.71. The van der Waals surface area contributed by atoms with Gasteiger partial charge in [0.05, 0.1) is 11.5 Å². The Bertz CT molecular complexity index is 597. The van der Waals surface area contributed by atoms with Gasteiger partial charge in [-0.25, -0.2) is 8.42 Å². The molecule has 118 valence electrons. The summed E-state index contributed by atoms with van der Waals surface area (Å²) in [6, 6.07) is 5.25. The quantitative estimate of drug-likeness (QED) is 0.756. The van der Waals surface area contributed by atoms with Crippen LogP contribution in [0, 0.1) is 12.8 Å². The average molecular weight is 312 g/mol. The van der Waals surface area contributed by atoms with Gasteiger partial charge in [0.25, 0.3) is 0 Å². The Kier molecular flexibility index (Phi) is 6.20. The lowest BCUT2D eigenvalue weighted by Crippen LogP contribution is -2.21. The first-order valence-electron chi connectivity index (χ1n) is 7.10. The van der Waals surface area contributed by atoms with E-state index in [2.05, 4.69) is 5.32 Å². The third kappa shape index (κ3) is 5.75. The Morgan fingerprint density at radius 2 is 2.05 bits per heavy atom. The standard InChI is InChI=1S/C15H24N2O3S/c1-4-11(2)10-21(19,20)9-8-15(18)17-14-7-5-6-13(16)12(14)3/h5-7,11H,4,8-10,16H2,1-3H3,(H,17,18). The summed E-state index contributed by atoms with van der Waals surface area (Å²) in [6.45, 7) is 5.66. The molecule has 1 rings (SSSR count). The lowest BCUT2D eigenvalue weighted by Gasteiger charge is -2.11. The molecule has 5 nitrogen and oxygen atoms in total. The molecule has 1 aromatic carbocycles. The topological polar surface area (TPSA) is 89.3 Å². The number of hydrogen-bond acceptors (Lipinski definition) is 4. The van der Waals surface area contributed by atoms with E-state index in [9.17, 15) is 13.2 Å². The van der Waals surface area contributed by atoms with E-state index in [1.54, 1.807) is 18.2 Å². The number of hydrogen-bond donors (Lipinski definition) is 2. The molecule has 0 fully saturated rings. The molecule has 1 atom stereocenters.